The fraction of sp³-hybridized carbons (Fsp3) is 0.421. The molecule has 6 nitrogen and oxygen atoms in total. The molecule has 1 unspecified atom stereocenters. The lowest BCUT2D eigenvalue weighted by atomic mass is 10.0. The first kappa shape index (κ1) is 17.2. The Hall–Kier alpha value is -2.65. The number of hydrogen-bond donors (Lipinski definition) is 1. The Morgan fingerprint density at radius 2 is 2.12 bits per heavy atom. The zero-order valence-corrected chi connectivity index (χ0v) is 14.7. The highest BCUT2D eigenvalue weighted by Gasteiger charge is 2.28. The molecule has 1 amide bonds. The smallest absolute Gasteiger partial charge is 0.270 e. The van der Waals surface area contributed by atoms with Gasteiger partial charge in [0.2, 0.25) is 0 Å². The number of nitrogens with one attached hydrogen (secondary N) is 1. The minimum atomic E-state index is -0.119. The van der Waals surface area contributed by atoms with Gasteiger partial charge in [-0.3, -0.25) is 9.48 Å². The van der Waals surface area contributed by atoms with Gasteiger partial charge in [0.1, 0.15) is 5.69 Å². The second-order valence-corrected chi connectivity index (χ2v) is 6.60. The molecule has 1 aliphatic heterocycles. The molecule has 0 bridgehead atoms. The lowest BCUT2D eigenvalue weighted by Crippen LogP contribution is -2.33. The van der Waals surface area contributed by atoms with E-state index in [4.69, 9.17) is 15.1 Å². The van der Waals surface area contributed by atoms with Crippen LogP contribution in [-0.2, 0) is 4.74 Å². The first-order valence-corrected chi connectivity index (χ1v) is 8.49. The summed E-state index contributed by atoms with van der Waals surface area (Å²) in [4.78, 5) is 12.7. The number of ether oxygens (including phenoxy) is 1. The average Bonchev–Trinajstić information content (AvgIpc) is 3.22. The summed E-state index contributed by atoms with van der Waals surface area (Å²) in [5.74, 6) is -0.119. The van der Waals surface area contributed by atoms with E-state index in [9.17, 15) is 4.79 Å². The van der Waals surface area contributed by atoms with E-state index in [1.54, 1.807) is 12.1 Å². The number of hydrogen-bond acceptors (Lipinski definition) is 4. The van der Waals surface area contributed by atoms with Crippen molar-refractivity contribution in [1.82, 2.24) is 15.1 Å². The zero-order valence-electron chi connectivity index (χ0n) is 14.7. The summed E-state index contributed by atoms with van der Waals surface area (Å²) in [5, 5.41) is 16.7. The predicted octanol–water partition coefficient (Wildman–Crippen LogP) is 2.83. The van der Waals surface area contributed by atoms with E-state index in [1.165, 1.54) is 0 Å². The Morgan fingerprint density at radius 1 is 1.40 bits per heavy atom. The highest BCUT2D eigenvalue weighted by molar-refractivity contribution is 5.96. The Kier molecular flexibility index (Phi) is 4.86. The molecular weight excluding hydrogens is 316 g/mol. The molecule has 1 saturated heterocycles. The maximum absolute atomic E-state index is 12.7. The molecule has 130 valence electrons. The molecule has 0 spiro atoms. The van der Waals surface area contributed by atoms with Crippen LogP contribution in [0.3, 0.4) is 0 Å². The van der Waals surface area contributed by atoms with Crippen LogP contribution in [-0.4, -0.2) is 34.9 Å². The lowest BCUT2D eigenvalue weighted by Gasteiger charge is -2.14. The molecule has 2 heterocycles. The molecule has 1 atom stereocenters. The third-order valence-corrected chi connectivity index (χ3v) is 4.32. The van der Waals surface area contributed by atoms with Crippen LogP contribution in [0.2, 0.25) is 0 Å². The normalized spacial score (nSPS) is 16.8. The molecule has 2 aromatic rings. The standard InChI is InChI=1S/C19H22N4O2/c1-12(2)21-19(24)18-13(3)17(15-6-4-14(10-20)5-7-15)22-23(18)16-8-9-25-11-16/h4-7,12,16H,8-9,11H2,1-3H3,(H,21,24). The fourth-order valence-corrected chi connectivity index (χ4v) is 3.08. The van der Waals surface area contributed by atoms with Crippen molar-refractivity contribution in [2.24, 2.45) is 0 Å². The van der Waals surface area contributed by atoms with Crippen molar-refractivity contribution in [2.45, 2.75) is 39.3 Å². The molecule has 1 aliphatic rings. The number of amides is 1. The molecule has 0 saturated carbocycles. The van der Waals surface area contributed by atoms with Crippen LogP contribution in [0.5, 0.6) is 0 Å². The van der Waals surface area contributed by atoms with Gasteiger partial charge in [-0.2, -0.15) is 10.4 Å². The van der Waals surface area contributed by atoms with Crippen molar-refractivity contribution in [3.8, 4) is 17.3 Å². The van der Waals surface area contributed by atoms with E-state index in [0.29, 0.717) is 24.5 Å². The second-order valence-electron chi connectivity index (χ2n) is 6.60. The van der Waals surface area contributed by atoms with Crippen LogP contribution >= 0.6 is 0 Å². The Labute approximate surface area is 147 Å². The molecule has 1 aromatic carbocycles. The van der Waals surface area contributed by atoms with E-state index in [-0.39, 0.29) is 18.0 Å². The van der Waals surface area contributed by atoms with E-state index in [0.717, 1.165) is 23.2 Å². The monoisotopic (exact) mass is 338 g/mol. The van der Waals surface area contributed by atoms with Crippen LogP contribution < -0.4 is 5.32 Å². The summed E-state index contributed by atoms with van der Waals surface area (Å²) in [6, 6.07) is 9.50. The van der Waals surface area contributed by atoms with Gasteiger partial charge in [0.05, 0.1) is 30.0 Å². The van der Waals surface area contributed by atoms with E-state index < -0.39 is 0 Å². The van der Waals surface area contributed by atoms with Gasteiger partial charge < -0.3 is 10.1 Å². The van der Waals surface area contributed by atoms with Crippen molar-refractivity contribution in [1.29, 1.82) is 5.26 Å². The van der Waals surface area contributed by atoms with Crippen LogP contribution in [0.1, 0.15) is 47.9 Å². The number of aromatic nitrogens is 2. The van der Waals surface area contributed by atoms with Crippen molar-refractivity contribution in [2.75, 3.05) is 13.2 Å². The van der Waals surface area contributed by atoms with Crippen molar-refractivity contribution in [3.63, 3.8) is 0 Å². The quantitative estimate of drug-likeness (QED) is 0.929. The van der Waals surface area contributed by atoms with Crippen LogP contribution in [0.4, 0.5) is 0 Å². The predicted molar refractivity (Wildman–Crippen MR) is 94.2 cm³/mol. The maximum atomic E-state index is 12.7. The van der Waals surface area contributed by atoms with Crippen molar-refractivity contribution in [3.05, 3.63) is 41.1 Å². The second kappa shape index (κ2) is 7.08. The summed E-state index contributed by atoms with van der Waals surface area (Å²) < 4.78 is 7.30. The highest BCUT2D eigenvalue weighted by atomic mass is 16.5. The molecule has 0 aliphatic carbocycles. The molecule has 0 radical (unpaired) electrons. The molecular formula is C19H22N4O2. The minimum absolute atomic E-state index is 0.0495. The number of nitriles is 1. The molecule has 25 heavy (non-hydrogen) atoms. The van der Waals surface area contributed by atoms with Crippen LogP contribution in [0.15, 0.2) is 24.3 Å². The summed E-state index contributed by atoms with van der Waals surface area (Å²) in [5.41, 5.74) is 3.69. The summed E-state index contributed by atoms with van der Waals surface area (Å²) >= 11 is 0. The third-order valence-electron chi connectivity index (χ3n) is 4.32. The largest absolute Gasteiger partial charge is 0.379 e. The SMILES string of the molecule is Cc1c(-c2ccc(C#N)cc2)nn(C2CCOC2)c1C(=O)NC(C)C. The first-order chi connectivity index (χ1) is 12.0. The number of carbonyl (C=O) groups is 1. The van der Waals surface area contributed by atoms with E-state index in [1.807, 2.05) is 37.6 Å². The zero-order chi connectivity index (χ0) is 18.0. The van der Waals surface area contributed by atoms with Gasteiger partial charge in [-0.1, -0.05) is 12.1 Å². The van der Waals surface area contributed by atoms with Gasteiger partial charge >= 0.3 is 0 Å². The number of carbonyl (C=O) groups excluding carboxylic acids is 1. The van der Waals surface area contributed by atoms with Gasteiger partial charge in [0, 0.05) is 23.8 Å². The van der Waals surface area contributed by atoms with Gasteiger partial charge in [-0.25, -0.2) is 0 Å². The molecule has 3 rings (SSSR count). The lowest BCUT2D eigenvalue weighted by molar-refractivity contribution is 0.0927. The van der Waals surface area contributed by atoms with Gasteiger partial charge in [0.15, 0.2) is 0 Å². The van der Waals surface area contributed by atoms with Gasteiger partial charge in [-0.15, -0.1) is 0 Å². The fourth-order valence-electron chi connectivity index (χ4n) is 3.08. The Balaban J connectivity index is 2.07. The van der Waals surface area contributed by atoms with Gasteiger partial charge in [0.25, 0.3) is 5.91 Å². The third kappa shape index (κ3) is 3.42. The molecule has 1 fully saturated rings. The summed E-state index contributed by atoms with van der Waals surface area (Å²) in [7, 11) is 0. The van der Waals surface area contributed by atoms with Gasteiger partial charge in [-0.05, 0) is 39.3 Å². The van der Waals surface area contributed by atoms with Crippen molar-refractivity contribution >= 4 is 5.91 Å². The average molecular weight is 338 g/mol. The number of rotatable bonds is 4. The molecule has 1 aromatic heterocycles. The van der Waals surface area contributed by atoms with Crippen LogP contribution in [0.25, 0.3) is 11.3 Å². The topological polar surface area (TPSA) is 79.9 Å². The first-order valence-electron chi connectivity index (χ1n) is 8.49. The van der Waals surface area contributed by atoms with Crippen LogP contribution in [0, 0.1) is 18.3 Å². The Bertz CT molecular complexity index is 809. The molecule has 1 N–H and O–H groups in total. The Morgan fingerprint density at radius 3 is 2.68 bits per heavy atom. The highest BCUT2D eigenvalue weighted by Crippen LogP contribution is 2.29. The number of nitrogens with zero attached hydrogens (tertiary/aromatic N) is 3. The summed E-state index contributed by atoms with van der Waals surface area (Å²) in [6.45, 7) is 7.04. The molecule has 6 heteroatoms. The van der Waals surface area contributed by atoms with E-state index in [2.05, 4.69) is 11.4 Å². The minimum Gasteiger partial charge on any atom is -0.379 e. The van der Waals surface area contributed by atoms with Crippen molar-refractivity contribution < 1.29 is 9.53 Å². The summed E-state index contributed by atoms with van der Waals surface area (Å²) in [6.07, 6.45) is 0.843. The maximum Gasteiger partial charge on any atom is 0.270 e. The van der Waals surface area contributed by atoms with E-state index >= 15 is 0 Å². The number of benzene rings is 1.